The number of nitrogens with one attached hydrogen (secondary N) is 2. The maximum Gasteiger partial charge on any atom is 0.305 e. The van der Waals surface area contributed by atoms with Gasteiger partial charge in [-0.15, -0.1) is 0 Å². The third-order valence-electron chi connectivity index (χ3n) is 2.67. The number of hydrogen-bond acceptors (Lipinski definition) is 4. The van der Waals surface area contributed by atoms with Crippen molar-refractivity contribution in [1.29, 1.82) is 0 Å². The molecule has 2 N–H and O–H groups in total. The van der Waals surface area contributed by atoms with Gasteiger partial charge < -0.3 is 20.1 Å². The molecule has 0 atom stereocenters. The second-order valence-electron chi connectivity index (χ2n) is 4.99. The van der Waals surface area contributed by atoms with Gasteiger partial charge in [0.2, 0.25) is 0 Å². The number of ether oxygens (including phenoxy) is 2. The summed E-state index contributed by atoms with van der Waals surface area (Å²) in [6.07, 6.45) is 1.14. The van der Waals surface area contributed by atoms with Crippen LogP contribution < -0.4 is 10.6 Å². The Kier molecular flexibility index (Phi) is 9.80. The third kappa shape index (κ3) is 9.61. The first-order valence-corrected chi connectivity index (χ1v) is 7.18. The Balaban J connectivity index is 4.08. The summed E-state index contributed by atoms with van der Waals surface area (Å²) in [5.74, 6) is 0.582. The van der Waals surface area contributed by atoms with E-state index in [-0.39, 0.29) is 11.6 Å². The van der Waals surface area contributed by atoms with Crippen LogP contribution in [0.4, 0.5) is 0 Å². The van der Waals surface area contributed by atoms with Crippen LogP contribution in [0.3, 0.4) is 0 Å². The second-order valence-corrected chi connectivity index (χ2v) is 4.99. The topological polar surface area (TPSA) is 72.0 Å². The van der Waals surface area contributed by atoms with Crippen LogP contribution in [0.25, 0.3) is 0 Å². The molecule has 0 saturated heterocycles. The number of carbonyl (C=O) groups excluding carboxylic acids is 1. The van der Waals surface area contributed by atoms with Crippen molar-refractivity contribution in [2.75, 3.05) is 33.4 Å². The van der Waals surface area contributed by atoms with Gasteiger partial charge in [0.15, 0.2) is 5.96 Å². The first-order chi connectivity index (χ1) is 9.45. The van der Waals surface area contributed by atoms with Crippen LogP contribution in [0, 0.1) is 0 Å². The molecular weight excluding hydrogens is 258 g/mol. The summed E-state index contributed by atoms with van der Waals surface area (Å²) < 4.78 is 10.2. The minimum atomic E-state index is -0.284. The Hall–Kier alpha value is -1.30. The van der Waals surface area contributed by atoms with Crippen molar-refractivity contribution in [3.05, 3.63) is 0 Å². The smallest absolute Gasteiger partial charge is 0.305 e. The molecule has 6 nitrogen and oxygen atoms in total. The van der Waals surface area contributed by atoms with E-state index in [1.54, 1.807) is 7.11 Å². The number of rotatable bonds is 9. The van der Waals surface area contributed by atoms with Crippen LogP contribution in [-0.4, -0.2) is 50.9 Å². The van der Waals surface area contributed by atoms with Crippen LogP contribution in [0.15, 0.2) is 4.99 Å². The monoisotopic (exact) mass is 287 g/mol. The zero-order valence-corrected chi connectivity index (χ0v) is 13.4. The fraction of sp³-hybridized carbons (Fsp3) is 0.857. The summed E-state index contributed by atoms with van der Waals surface area (Å²) in [5, 5.41) is 6.35. The van der Waals surface area contributed by atoms with E-state index in [0.29, 0.717) is 26.1 Å². The van der Waals surface area contributed by atoms with E-state index >= 15 is 0 Å². The van der Waals surface area contributed by atoms with Gasteiger partial charge in [0.1, 0.15) is 0 Å². The lowest BCUT2D eigenvalue weighted by molar-refractivity contribution is -0.143. The molecule has 118 valence electrons. The van der Waals surface area contributed by atoms with Gasteiger partial charge in [0.25, 0.3) is 0 Å². The maximum absolute atomic E-state index is 11.2. The average Bonchev–Trinajstić information content (AvgIpc) is 2.41. The summed E-state index contributed by atoms with van der Waals surface area (Å²) >= 11 is 0. The molecule has 0 unspecified atom stereocenters. The molecule has 0 saturated carbocycles. The van der Waals surface area contributed by atoms with Crippen LogP contribution in [0.1, 0.15) is 40.5 Å². The molecule has 0 aliphatic rings. The minimum Gasteiger partial charge on any atom is -0.466 e. The number of hydrogen-bond donors (Lipinski definition) is 2. The van der Waals surface area contributed by atoms with E-state index < -0.39 is 0 Å². The largest absolute Gasteiger partial charge is 0.466 e. The van der Waals surface area contributed by atoms with Crippen LogP contribution >= 0.6 is 0 Å². The lowest BCUT2D eigenvalue weighted by atomic mass is 10.1. The fourth-order valence-electron chi connectivity index (χ4n) is 1.35. The third-order valence-corrected chi connectivity index (χ3v) is 2.67. The molecule has 0 bridgehead atoms. The summed E-state index contributed by atoms with van der Waals surface area (Å²) in [4.78, 5) is 15.7. The molecule has 0 aliphatic carbocycles. The molecule has 0 heterocycles. The quantitative estimate of drug-likeness (QED) is 0.289. The van der Waals surface area contributed by atoms with Crippen molar-refractivity contribution in [3.8, 4) is 0 Å². The van der Waals surface area contributed by atoms with Crippen LogP contribution in [0.2, 0.25) is 0 Å². The molecule has 0 amide bonds. The summed E-state index contributed by atoms with van der Waals surface area (Å²) in [5.41, 5.74) is -0.284. The predicted octanol–water partition coefficient (Wildman–Crippen LogP) is 1.31. The zero-order chi connectivity index (χ0) is 15.4. The standard InChI is InChI=1S/C14H29N3O3/c1-6-15-13(17-11-14(3,4)19-5)16-10-8-9-12(18)20-7-2/h6-11H2,1-5H3,(H2,15,16,17). The molecule has 0 rings (SSSR count). The molecule has 0 aromatic carbocycles. The normalized spacial score (nSPS) is 12.2. The van der Waals surface area contributed by atoms with Crippen LogP contribution in [-0.2, 0) is 14.3 Å². The van der Waals surface area contributed by atoms with Gasteiger partial charge in [-0.25, -0.2) is 0 Å². The molecule has 0 radical (unpaired) electrons. The molecule has 0 aromatic heterocycles. The first-order valence-electron chi connectivity index (χ1n) is 7.18. The number of methoxy groups -OCH3 is 1. The number of guanidine groups is 1. The predicted molar refractivity (Wildman–Crippen MR) is 80.9 cm³/mol. The van der Waals surface area contributed by atoms with Gasteiger partial charge in [-0.2, -0.15) is 0 Å². The Morgan fingerprint density at radius 1 is 1.25 bits per heavy atom. The highest BCUT2D eigenvalue weighted by Gasteiger charge is 2.15. The summed E-state index contributed by atoms with van der Waals surface area (Å²) in [6, 6.07) is 0. The van der Waals surface area contributed by atoms with E-state index in [9.17, 15) is 4.79 Å². The van der Waals surface area contributed by atoms with Crippen molar-refractivity contribution in [2.24, 2.45) is 4.99 Å². The van der Waals surface area contributed by atoms with Crippen LogP contribution in [0.5, 0.6) is 0 Å². The first kappa shape index (κ1) is 18.7. The maximum atomic E-state index is 11.2. The van der Waals surface area contributed by atoms with Crippen molar-refractivity contribution < 1.29 is 14.3 Å². The van der Waals surface area contributed by atoms with Gasteiger partial charge in [0.05, 0.1) is 18.8 Å². The Labute approximate surface area is 122 Å². The molecule has 0 aromatic rings. The van der Waals surface area contributed by atoms with Gasteiger partial charge in [-0.05, 0) is 34.1 Å². The number of nitrogens with zero attached hydrogens (tertiary/aromatic N) is 1. The minimum absolute atomic E-state index is 0.156. The van der Waals surface area contributed by atoms with Gasteiger partial charge in [0, 0.05) is 26.6 Å². The van der Waals surface area contributed by atoms with Gasteiger partial charge >= 0.3 is 5.97 Å². The molecule has 0 aliphatic heterocycles. The van der Waals surface area contributed by atoms with Crippen molar-refractivity contribution in [2.45, 2.75) is 46.1 Å². The lowest BCUT2D eigenvalue weighted by Crippen LogP contribution is -2.39. The Bertz CT molecular complexity index is 304. The molecule has 0 fully saturated rings. The number of aliphatic imine (C=N–C) groups is 1. The molecule has 0 spiro atoms. The molecule has 6 heteroatoms. The van der Waals surface area contributed by atoms with E-state index in [1.165, 1.54) is 0 Å². The van der Waals surface area contributed by atoms with Crippen molar-refractivity contribution in [3.63, 3.8) is 0 Å². The number of esters is 1. The van der Waals surface area contributed by atoms with Crippen molar-refractivity contribution in [1.82, 2.24) is 10.6 Å². The highest BCUT2D eigenvalue weighted by molar-refractivity contribution is 5.79. The zero-order valence-electron chi connectivity index (χ0n) is 13.4. The van der Waals surface area contributed by atoms with E-state index in [2.05, 4.69) is 15.6 Å². The highest BCUT2D eigenvalue weighted by Crippen LogP contribution is 2.06. The highest BCUT2D eigenvalue weighted by atomic mass is 16.5. The Morgan fingerprint density at radius 3 is 2.50 bits per heavy atom. The fourth-order valence-corrected chi connectivity index (χ4v) is 1.35. The van der Waals surface area contributed by atoms with E-state index in [4.69, 9.17) is 9.47 Å². The lowest BCUT2D eigenvalue weighted by Gasteiger charge is -2.21. The van der Waals surface area contributed by atoms with Gasteiger partial charge in [-0.3, -0.25) is 9.79 Å². The Morgan fingerprint density at radius 2 is 1.95 bits per heavy atom. The van der Waals surface area contributed by atoms with Crippen molar-refractivity contribution >= 4 is 11.9 Å². The summed E-state index contributed by atoms with van der Waals surface area (Å²) in [6.45, 7) is 10.3. The SMILES string of the molecule is CCNC(=NCC(C)(C)OC)NCCCC(=O)OCC. The number of carbonyl (C=O) groups is 1. The average molecular weight is 287 g/mol. The van der Waals surface area contributed by atoms with E-state index in [1.807, 2.05) is 27.7 Å². The summed E-state index contributed by atoms with van der Waals surface area (Å²) in [7, 11) is 1.68. The van der Waals surface area contributed by atoms with Gasteiger partial charge in [-0.1, -0.05) is 0 Å². The second kappa shape index (κ2) is 10.5. The molecule has 20 heavy (non-hydrogen) atoms. The molecular formula is C14H29N3O3. The van der Waals surface area contributed by atoms with E-state index in [0.717, 1.165) is 18.9 Å².